The van der Waals surface area contributed by atoms with Crippen molar-refractivity contribution in [3.8, 4) is 18.2 Å². The van der Waals surface area contributed by atoms with Crippen molar-refractivity contribution in [2.75, 3.05) is 0 Å². The van der Waals surface area contributed by atoms with Gasteiger partial charge in [-0.15, -0.1) is 0 Å². The van der Waals surface area contributed by atoms with E-state index in [9.17, 15) is 0 Å². The average Bonchev–Trinajstić information content (AvgIpc) is 2.60. The summed E-state index contributed by atoms with van der Waals surface area (Å²) in [5.74, 6) is 0.628. The lowest BCUT2D eigenvalue weighted by atomic mass is 10.1. The number of hydrogen-bond acceptors (Lipinski definition) is 4. The molecular formula is C9H5N5. The summed E-state index contributed by atoms with van der Waals surface area (Å²) in [6.07, 6.45) is 1.42. The van der Waals surface area contributed by atoms with Gasteiger partial charge in [-0.05, 0) is 6.92 Å². The Morgan fingerprint density at radius 2 is 1.93 bits per heavy atom. The molecule has 66 valence electrons. The normalized spacial score (nSPS) is 8.14. The Hall–Kier alpha value is -2.58. The molecule has 0 saturated carbocycles. The van der Waals surface area contributed by atoms with Crippen LogP contribution in [0.1, 0.15) is 11.5 Å². The molecule has 1 aromatic heterocycles. The number of aromatic amines is 1. The van der Waals surface area contributed by atoms with E-state index in [0.29, 0.717) is 11.5 Å². The molecule has 0 fully saturated rings. The molecule has 0 spiro atoms. The topological polar surface area (TPSA) is 100 Å². The quantitative estimate of drug-likeness (QED) is 0.657. The molecule has 5 nitrogen and oxygen atoms in total. The Bertz CT molecular complexity index is 485. The van der Waals surface area contributed by atoms with E-state index in [2.05, 4.69) is 9.97 Å². The Morgan fingerprint density at radius 3 is 2.29 bits per heavy atom. The molecule has 0 aliphatic heterocycles. The number of nitriles is 3. The van der Waals surface area contributed by atoms with Crippen molar-refractivity contribution in [3.63, 3.8) is 0 Å². The van der Waals surface area contributed by atoms with Crippen molar-refractivity contribution in [2.45, 2.75) is 6.92 Å². The molecule has 1 heterocycles. The number of nitrogens with one attached hydrogen (secondary N) is 1. The third-order valence-corrected chi connectivity index (χ3v) is 1.56. The van der Waals surface area contributed by atoms with Gasteiger partial charge < -0.3 is 4.98 Å². The summed E-state index contributed by atoms with van der Waals surface area (Å²) in [7, 11) is 0. The molecule has 0 radical (unpaired) electrons. The standard InChI is InChI=1S/C9H5N5/c1-6-13-5-9(14-6)8(4-12)7(2-10)3-11/h5H,1H3,(H,13,14). The second kappa shape index (κ2) is 3.89. The highest BCUT2D eigenvalue weighted by atomic mass is 14.9. The molecule has 1 rings (SSSR count). The maximum Gasteiger partial charge on any atom is 0.149 e. The van der Waals surface area contributed by atoms with Gasteiger partial charge in [-0.25, -0.2) is 4.98 Å². The molecule has 0 unspecified atom stereocenters. The van der Waals surface area contributed by atoms with Crippen LogP contribution in [0.5, 0.6) is 0 Å². The minimum atomic E-state index is -0.212. The second-order valence-corrected chi connectivity index (χ2v) is 2.47. The van der Waals surface area contributed by atoms with E-state index >= 15 is 0 Å². The minimum absolute atomic E-state index is 0.0237. The zero-order valence-electron chi connectivity index (χ0n) is 7.37. The molecular weight excluding hydrogens is 178 g/mol. The first-order chi connectivity index (χ1) is 6.72. The van der Waals surface area contributed by atoms with Crippen LogP contribution in [0, 0.1) is 40.9 Å². The van der Waals surface area contributed by atoms with Crippen LogP contribution in [0.3, 0.4) is 0 Å². The summed E-state index contributed by atoms with van der Waals surface area (Å²) in [4.78, 5) is 6.66. The van der Waals surface area contributed by atoms with Gasteiger partial charge in [0.15, 0.2) is 0 Å². The number of allylic oxidation sites excluding steroid dienone is 2. The van der Waals surface area contributed by atoms with Gasteiger partial charge in [-0.1, -0.05) is 0 Å². The van der Waals surface area contributed by atoms with Gasteiger partial charge in [0.25, 0.3) is 0 Å². The van der Waals surface area contributed by atoms with E-state index in [1.54, 1.807) is 25.1 Å². The number of imidazole rings is 1. The maximum absolute atomic E-state index is 8.76. The molecule has 0 aromatic carbocycles. The average molecular weight is 183 g/mol. The van der Waals surface area contributed by atoms with E-state index in [4.69, 9.17) is 15.8 Å². The van der Waals surface area contributed by atoms with Crippen molar-refractivity contribution in [1.29, 1.82) is 15.8 Å². The number of H-pyrrole nitrogens is 1. The van der Waals surface area contributed by atoms with Crippen LogP contribution in [0.2, 0.25) is 0 Å². The lowest BCUT2D eigenvalue weighted by Crippen LogP contribution is -1.86. The van der Waals surface area contributed by atoms with Gasteiger partial charge in [0.1, 0.15) is 35.2 Å². The van der Waals surface area contributed by atoms with Crippen LogP contribution in [-0.2, 0) is 0 Å². The summed E-state index contributed by atoms with van der Waals surface area (Å²) >= 11 is 0. The highest BCUT2D eigenvalue weighted by Crippen LogP contribution is 2.14. The van der Waals surface area contributed by atoms with Gasteiger partial charge in [0.2, 0.25) is 0 Å². The summed E-state index contributed by atoms with van der Waals surface area (Å²) < 4.78 is 0. The van der Waals surface area contributed by atoms with Crippen molar-refractivity contribution < 1.29 is 0 Å². The molecule has 0 aliphatic carbocycles. The number of aromatic nitrogens is 2. The molecule has 1 N–H and O–H groups in total. The predicted molar refractivity (Wildman–Crippen MR) is 47.1 cm³/mol. The molecule has 0 atom stereocenters. The number of hydrogen-bond donors (Lipinski definition) is 1. The van der Waals surface area contributed by atoms with E-state index in [-0.39, 0.29) is 11.1 Å². The Balaban J connectivity index is 3.35. The Kier molecular flexibility index (Phi) is 2.64. The maximum atomic E-state index is 8.76. The first kappa shape index (κ1) is 9.51. The fourth-order valence-electron chi connectivity index (χ4n) is 0.935. The fourth-order valence-corrected chi connectivity index (χ4v) is 0.935. The van der Waals surface area contributed by atoms with Crippen molar-refractivity contribution in [1.82, 2.24) is 9.97 Å². The first-order valence-electron chi connectivity index (χ1n) is 3.69. The summed E-state index contributed by atoms with van der Waals surface area (Å²) in [6, 6.07) is 5.11. The first-order valence-corrected chi connectivity index (χ1v) is 3.69. The SMILES string of the molecule is Cc1ncc(C(C#N)=C(C#N)C#N)[nH]1. The van der Waals surface area contributed by atoms with Gasteiger partial charge in [0, 0.05) is 0 Å². The molecule has 14 heavy (non-hydrogen) atoms. The number of aryl methyl sites for hydroxylation is 1. The van der Waals surface area contributed by atoms with Gasteiger partial charge in [-0.3, -0.25) is 0 Å². The molecule has 0 amide bonds. The minimum Gasteiger partial charge on any atom is -0.342 e. The van der Waals surface area contributed by atoms with E-state index < -0.39 is 0 Å². The molecule has 0 saturated heterocycles. The van der Waals surface area contributed by atoms with E-state index in [1.165, 1.54) is 6.20 Å². The molecule has 1 aromatic rings. The van der Waals surface area contributed by atoms with E-state index in [1.807, 2.05) is 0 Å². The van der Waals surface area contributed by atoms with Crippen LogP contribution in [-0.4, -0.2) is 9.97 Å². The third-order valence-electron chi connectivity index (χ3n) is 1.56. The lowest BCUT2D eigenvalue weighted by Gasteiger charge is -1.91. The van der Waals surface area contributed by atoms with Gasteiger partial charge in [-0.2, -0.15) is 15.8 Å². The van der Waals surface area contributed by atoms with Crippen LogP contribution < -0.4 is 0 Å². The van der Waals surface area contributed by atoms with Crippen LogP contribution in [0.4, 0.5) is 0 Å². The Morgan fingerprint density at radius 1 is 1.29 bits per heavy atom. The highest BCUT2D eigenvalue weighted by molar-refractivity contribution is 5.82. The van der Waals surface area contributed by atoms with Crippen molar-refractivity contribution >= 4 is 5.57 Å². The Labute approximate surface area is 80.5 Å². The zero-order chi connectivity index (χ0) is 10.6. The molecule has 5 heteroatoms. The van der Waals surface area contributed by atoms with Crippen molar-refractivity contribution in [2.24, 2.45) is 0 Å². The lowest BCUT2D eigenvalue weighted by molar-refractivity contribution is 1.14. The van der Waals surface area contributed by atoms with Crippen molar-refractivity contribution in [3.05, 3.63) is 23.3 Å². The fraction of sp³-hybridized carbons (Fsp3) is 0.111. The van der Waals surface area contributed by atoms with E-state index in [0.717, 1.165) is 0 Å². The molecule has 0 bridgehead atoms. The molecule has 0 aliphatic rings. The van der Waals surface area contributed by atoms with Crippen LogP contribution in [0.25, 0.3) is 5.57 Å². The monoisotopic (exact) mass is 183 g/mol. The number of nitrogens with zero attached hydrogens (tertiary/aromatic N) is 4. The third kappa shape index (κ3) is 1.60. The van der Waals surface area contributed by atoms with Crippen LogP contribution >= 0.6 is 0 Å². The predicted octanol–water partition coefficient (Wildman–Crippen LogP) is 1.04. The second-order valence-electron chi connectivity index (χ2n) is 2.47. The summed E-state index contributed by atoms with van der Waals surface area (Å²) in [6.45, 7) is 1.72. The summed E-state index contributed by atoms with van der Waals surface area (Å²) in [5.41, 5.74) is 0.204. The van der Waals surface area contributed by atoms with Gasteiger partial charge >= 0.3 is 0 Å². The zero-order valence-corrected chi connectivity index (χ0v) is 7.37. The number of rotatable bonds is 1. The van der Waals surface area contributed by atoms with Crippen LogP contribution in [0.15, 0.2) is 11.8 Å². The summed E-state index contributed by atoms with van der Waals surface area (Å²) in [5, 5.41) is 25.9. The smallest absolute Gasteiger partial charge is 0.149 e. The highest BCUT2D eigenvalue weighted by Gasteiger charge is 2.10. The largest absolute Gasteiger partial charge is 0.342 e. The van der Waals surface area contributed by atoms with Gasteiger partial charge in [0.05, 0.1) is 11.9 Å².